The van der Waals surface area contributed by atoms with Gasteiger partial charge >= 0.3 is 0 Å². The highest BCUT2D eigenvalue weighted by Crippen LogP contribution is 2.17. The van der Waals surface area contributed by atoms with Crippen molar-refractivity contribution in [2.24, 2.45) is 0 Å². The molecule has 2 aromatic rings. The highest BCUT2D eigenvalue weighted by molar-refractivity contribution is 7.89. The van der Waals surface area contributed by atoms with Crippen molar-refractivity contribution in [1.29, 1.82) is 0 Å². The molecule has 2 aromatic carbocycles. The number of non-ortho nitro benzene ring substituents is 2. The van der Waals surface area contributed by atoms with Gasteiger partial charge in [-0.15, -0.1) is 0 Å². The lowest BCUT2D eigenvalue weighted by molar-refractivity contribution is -0.385. The zero-order valence-electron chi connectivity index (χ0n) is 16.8. The van der Waals surface area contributed by atoms with Gasteiger partial charge in [-0.2, -0.15) is 0 Å². The summed E-state index contributed by atoms with van der Waals surface area (Å²) in [5.74, 6) is 0. The van der Waals surface area contributed by atoms with Crippen LogP contribution in [0.5, 0.6) is 0 Å². The Morgan fingerprint density at radius 1 is 0.594 bits per heavy atom. The van der Waals surface area contributed by atoms with E-state index in [-0.39, 0.29) is 34.3 Å². The second-order valence-corrected chi connectivity index (χ2v) is 10.2. The van der Waals surface area contributed by atoms with Crippen molar-refractivity contribution in [3.8, 4) is 0 Å². The smallest absolute Gasteiger partial charge is 0.258 e. The predicted molar refractivity (Wildman–Crippen MR) is 115 cm³/mol. The van der Waals surface area contributed by atoms with Crippen LogP contribution in [0.15, 0.2) is 58.3 Å². The zero-order valence-corrected chi connectivity index (χ0v) is 18.5. The van der Waals surface area contributed by atoms with Crippen molar-refractivity contribution in [2.45, 2.75) is 35.5 Å². The first kappa shape index (κ1) is 25.3. The lowest BCUT2D eigenvalue weighted by Gasteiger charge is -2.08. The normalized spacial score (nSPS) is 11.9. The van der Waals surface area contributed by atoms with E-state index >= 15 is 0 Å². The second kappa shape index (κ2) is 11.1. The Bertz CT molecular complexity index is 1050. The van der Waals surface area contributed by atoms with Crippen LogP contribution >= 0.6 is 0 Å². The molecule has 12 nitrogen and oxygen atoms in total. The van der Waals surface area contributed by atoms with Crippen LogP contribution in [0.2, 0.25) is 0 Å². The first-order chi connectivity index (χ1) is 15.0. The van der Waals surface area contributed by atoms with E-state index in [1.165, 1.54) is 0 Å². The van der Waals surface area contributed by atoms with Gasteiger partial charge in [-0.1, -0.05) is 12.8 Å². The molecule has 32 heavy (non-hydrogen) atoms. The number of benzene rings is 2. The average Bonchev–Trinajstić information content (AvgIpc) is 2.75. The third-order valence-electron chi connectivity index (χ3n) is 4.40. The molecule has 0 fully saturated rings. The summed E-state index contributed by atoms with van der Waals surface area (Å²) in [6.07, 6.45) is 2.37. The van der Waals surface area contributed by atoms with Gasteiger partial charge in [-0.3, -0.25) is 20.2 Å². The van der Waals surface area contributed by atoms with E-state index in [9.17, 15) is 37.1 Å². The molecule has 0 bridgehead atoms. The van der Waals surface area contributed by atoms with Crippen LogP contribution in [0.3, 0.4) is 0 Å². The number of nitro groups is 2. The Kier molecular flexibility index (Phi) is 8.77. The molecule has 2 rings (SSSR count). The van der Waals surface area contributed by atoms with Crippen LogP contribution in [0.4, 0.5) is 11.4 Å². The predicted octanol–water partition coefficient (Wildman–Crippen LogP) is 2.32. The van der Waals surface area contributed by atoms with E-state index < -0.39 is 29.9 Å². The minimum atomic E-state index is -3.77. The van der Waals surface area contributed by atoms with Crippen molar-refractivity contribution < 1.29 is 26.7 Å². The lowest BCUT2D eigenvalue weighted by atomic mass is 10.2. The topological polar surface area (TPSA) is 179 Å². The fraction of sp³-hybridized carbons (Fsp3) is 0.333. The molecule has 14 heteroatoms. The summed E-state index contributed by atoms with van der Waals surface area (Å²) in [5, 5.41) is 21.2. The van der Waals surface area contributed by atoms with E-state index in [2.05, 4.69) is 9.44 Å². The van der Waals surface area contributed by atoms with Gasteiger partial charge in [-0.05, 0) is 37.1 Å². The molecule has 2 N–H and O–H groups in total. The van der Waals surface area contributed by atoms with Crippen LogP contribution in [0.25, 0.3) is 0 Å². The summed E-state index contributed by atoms with van der Waals surface area (Å²) < 4.78 is 53.5. The summed E-state index contributed by atoms with van der Waals surface area (Å²) in [4.78, 5) is 19.9. The molecule has 0 aliphatic heterocycles. The summed E-state index contributed by atoms with van der Waals surface area (Å²) in [6, 6.07) is 9.13. The van der Waals surface area contributed by atoms with Gasteiger partial charge in [-0.25, -0.2) is 26.3 Å². The Morgan fingerprint density at radius 2 is 0.906 bits per heavy atom. The molecule has 0 unspecified atom stereocenters. The number of sulfonamides is 2. The molecule has 0 saturated carbocycles. The van der Waals surface area contributed by atoms with Gasteiger partial charge in [0.05, 0.1) is 19.6 Å². The minimum absolute atomic E-state index is 0.0660. The maximum absolute atomic E-state index is 12.2. The van der Waals surface area contributed by atoms with Crippen molar-refractivity contribution in [3.63, 3.8) is 0 Å². The van der Waals surface area contributed by atoms with Gasteiger partial charge in [0, 0.05) is 37.4 Å². The Morgan fingerprint density at radius 3 is 1.19 bits per heavy atom. The second-order valence-electron chi connectivity index (χ2n) is 6.71. The zero-order chi connectivity index (χ0) is 23.8. The van der Waals surface area contributed by atoms with Crippen LogP contribution in [0, 0.1) is 20.2 Å². The van der Waals surface area contributed by atoms with Crippen molar-refractivity contribution in [2.75, 3.05) is 13.1 Å². The van der Waals surface area contributed by atoms with E-state index in [0.717, 1.165) is 48.5 Å². The molecule has 0 amide bonds. The summed E-state index contributed by atoms with van der Waals surface area (Å²) in [6.45, 7) is 0.349. The summed E-state index contributed by atoms with van der Waals surface area (Å²) in [7, 11) is -7.53. The van der Waals surface area contributed by atoms with Crippen LogP contribution in [-0.4, -0.2) is 39.8 Å². The number of nitrogens with zero attached hydrogens (tertiary/aromatic N) is 2. The van der Waals surface area contributed by atoms with Crippen molar-refractivity contribution in [3.05, 3.63) is 68.8 Å². The molecule has 0 heterocycles. The van der Waals surface area contributed by atoms with Crippen LogP contribution < -0.4 is 9.44 Å². The highest BCUT2D eigenvalue weighted by Gasteiger charge is 2.16. The molecule has 0 spiro atoms. The quantitative estimate of drug-likeness (QED) is 0.246. The molecule has 0 aromatic heterocycles. The maximum atomic E-state index is 12.2. The molecule has 0 aliphatic carbocycles. The fourth-order valence-electron chi connectivity index (χ4n) is 2.68. The first-order valence-electron chi connectivity index (χ1n) is 9.51. The van der Waals surface area contributed by atoms with E-state index in [1.807, 2.05) is 0 Å². The number of nitrogens with one attached hydrogen (secondary N) is 2. The number of rotatable bonds is 13. The standard InChI is InChI=1S/C18H22N4O8S2/c23-21(24)15-5-9-17(10-6-15)31(27,28)19-13-3-1-2-4-14-20-32(29,30)18-11-7-16(8-12-18)22(25)26/h5-12,19-20H,1-4,13-14H2. The molecule has 0 radical (unpaired) electrons. The van der Waals surface area contributed by atoms with Gasteiger partial charge in [0.25, 0.3) is 11.4 Å². The molecular formula is C18H22N4O8S2. The Hall–Kier alpha value is -2.94. The first-order valence-corrected chi connectivity index (χ1v) is 12.5. The number of unbranched alkanes of at least 4 members (excludes halogenated alkanes) is 3. The third kappa shape index (κ3) is 7.33. The van der Waals surface area contributed by atoms with Gasteiger partial charge < -0.3 is 0 Å². The lowest BCUT2D eigenvalue weighted by Crippen LogP contribution is -2.25. The Balaban J connectivity index is 1.67. The van der Waals surface area contributed by atoms with Crippen molar-refractivity contribution >= 4 is 31.4 Å². The fourth-order valence-corrected chi connectivity index (χ4v) is 4.83. The minimum Gasteiger partial charge on any atom is -0.258 e. The van der Waals surface area contributed by atoms with Crippen LogP contribution in [-0.2, 0) is 20.0 Å². The molecule has 174 valence electrons. The summed E-state index contributed by atoms with van der Waals surface area (Å²) >= 11 is 0. The van der Waals surface area contributed by atoms with E-state index in [0.29, 0.717) is 25.7 Å². The SMILES string of the molecule is O=[N+]([O-])c1ccc(S(=O)(=O)NCCCCCCNS(=O)(=O)c2ccc([N+](=O)[O-])cc2)cc1. The number of hydrogen-bond acceptors (Lipinski definition) is 8. The maximum Gasteiger partial charge on any atom is 0.269 e. The monoisotopic (exact) mass is 486 g/mol. The highest BCUT2D eigenvalue weighted by atomic mass is 32.2. The average molecular weight is 487 g/mol. The Labute approximate surface area is 185 Å². The molecular weight excluding hydrogens is 464 g/mol. The van der Waals surface area contributed by atoms with E-state index in [1.54, 1.807) is 0 Å². The van der Waals surface area contributed by atoms with Crippen LogP contribution in [0.1, 0.15) is 25.7 Å². The number of hydrogen-bond donors (Lipinski definition) is 2. The van der Waals surface area contributed by atoms with Gasteiger partial charge in [0.15, 0.2) is 0 Å². The van der Waals surface area contributed by atoms with E-state index in [4.69, 9.17) is 0 Å². The van der Waals surface area contributed by atoms with Gasteiger partial charge in [0.2, 0.25) is 20.0 Å². The molecule has 0 atom stereocenters. The summed E-state index contributed by atoms with van der Waals surface area (Å²) in [5.41, 5.74) is -0.402. The third-order valence-corrected chi connectivity index (χ3v) is 7.36. The molecule has 0 aliphatic rings. The molecule has 0 saturated heterocycles. The van der Waals surface area contributed by atoms with Crippen molar-refractivity contribution in [1.82, 2.24) is 9.44 Å². The number of nitro benzene ring substituents is 2. The largest absolute Gasteiger partial charge is 0.269 e. The van der Waals surface area contributed by atoms with Gasteiger partial charge in [0.1, 0.15) is 0 Å².